The molecule has 0 fully saturated rings. The second-order valence-electron chi connectivity index (χ2n) is 3.54. The molecule has 2 N–H and O–H groups in total. The summed E-state index contributed by atoms with van der Waals surface area (Å²) in [7, 11) is 0. The highest BCUT2D eigenvalue weighted by Crippen LogP contribution is 2.18. The Morgan fingerprint density at radius 2 is 2.06 bits per heavy atom. The lowest BCUT2D eigenvalue weighted by Crippen LogP contribution is -1.94. The van der Waals surface area contributed by atoms with Gasteiger partial charge in [-0.2, -0.15) is 0 Å². The maximum atomic E-state index is 12.9. The summed E-state index contributed by atoms with van der Waals surface area (Å²) < 4.78 is 25.6. The molecule has 1 aromatic rings. The third-order valence-corrected chi connectivity index (χ3v) is 2.19. The average molecular weight is 224 g/mol. The summed E-state index contributed by atoms with van der Waals surface area (Å²) >= 11 is 0. The lowest BCUT2D eigenvalue weighted by atomic mass is 10.1. The summed E-state index contributed by atoms with van der Waals surface area (Å²) in [6, 6.07) is 3.54. The number of halogens is 2. The molecule has 0 aliphatic heterocycles. The van der Waals surface area contributed by atoms with E-state index >= 15 is 0 Å². The molecular weight excluding hydrogens is 210 g/mol. The Hall–Kier alpha value is -1.71. The van der Waals surface area contributed by atoms with Crippen molar-refractivity contribution in [2.75, 3.05) is 0 Å². The number of hydrogen-bond acceptors (Lipinski definition) is 2. The van der Waals surface area contributed by atoms with Crippen molar-refractivity contribution in [3.63, 3.8) is 0 Å². The van der Waals surface area contributed by atoms with Crippen molar-refractivity contribution in [2.45, 2.75) is 19.9 Å². The van der Waals surface area contributed by atoms with Crippen molar-refractivity contribution in [2.24, 2.45) is 10.7 Å². The molecular formula is C12H14F2N2. The van der Waals surface area contributed by atoms with Gasteiger partial charge in [-0.15, -0.1) is 0 Å². The van der Waals surface area contributed by atoms with Crippen LogP contribution in [0.5, 0.6) is 0 Å². The topological polar surface area (TPSA) is 38.4 Å². The standard InChI is InChI=1S/C12H14F2N2/c1-8(6-15)7-16-9(2)10-3-4-11(13)12(14)5-10/h3-7,9H,15H2,1-2H3/b8-6-,16-7?. The predicted molar refractivity (Wildman–Crippen MR) is 61.2 cm³/mol. The first-order chi connectivity index (χ1) is 7.54. The van der Waals surface area contributed by atoms with Gasteiger partial charge in [0.1, 0.15) is 0 Å². The summed E-state index contributed by atoms with van der Waals surface area (Å²) in [6.45, 7) is 3.61. The smallest absolute Gasteiger partial charge is 0.159 e. The fourth-order valence-electron chi connectivity index (χ4n) is 1.13. The fourth-order valence-corrected chi connectivity index (χ4v) is 1.13. The molecule has 0 heterocycles. The number of rotatable bonds is 3. The van der Waals surface area contributed by atoms with Crippen LogP contribution in [0.2, 0.25) is 0 Å². The number of aliphatic imine (C=N–C) groups is 1. The molecule has 1 aromatic carbocycles. The normalized spacial score (nSPS) is 14.4. The molecule has 0 aliphatic carbocycles. The van der Waals surface area contributed by atoms with E-state index in [-0.39, 0.29) is 6.04 Å². The van der Waals surface area contributed by atoms with Crippen LogP contribution < -0.4 is 5.73 Å². The molecule has 16 heavy (non-hydrogen) atoms. The maximum Gasteiger partial charge on any atom is 0.159 e. The third kappa shape index (κ3) is 3.15. The van der Waals surface area contributed by atoms with Crippen LogP contribution in [0.15, 0.2) is 35.0 Å². The highest BCUT2D eigenvalue weighted by atomic mass is 19.2. The summed E-state index contributed by atoms with van der Waals surface area (Å²) in [5.74, 6) is -1.70. The van der Waals surface area contributed by atoms with Crippen LogP contribution in [0.4, 0.5) is 8.78 Å². The van der Waals surface area contributed by atoms with Gasteiger partial charge in [0.2, 0.25) is 0 Å². The van der Waals surface area contributed by atoms with Gasteiger partial charge in [0.25, 0.3) is 0 Å². The first-order valence-corrected chi connectivity index (χ1v) is 4.91. The van der Waals surface area contributed by atoms with Gasteiger partial charge in [0.15, 0.2) is 11.6 Å². The van der Waals surface area contributed by atoms with Crippen LogP contribution in [0.1, 0.15) is 25.5 Å². The summed E-state index contributed by atoms with van der Waals surface area (Å²) in [5, 5.41) is 0. The van der Waals surface area contributed by atoms with E-state index in [9.17, 15) is 8.78 Å². The molecule has 0 saturated carbocycles. The maximum absolute atomic E-state index is 12.9. The van der Waals surface area contributed by atoms with E-state index in [0.717, 1.165) is 17.7 Å². The van der Waals surface area contributed by atoms with E-state index in [0.29, 0.717) is 5.56 Å². The molecule has 4 heteroatoms. The van der Waals surface area contributed by atoms with E-state index in [1.165, 1.54) is 12.3 Å². The van der Waals surface area contributed by atoms with Crippen molar-refractivity contribution < 1.29 is 8.78 Å². The largest absolute Gasteiger partial charge is 0.404 e. The molecule has 0 aromatic heterocycles. The van der Waals surface area contributed by atoms with Gasteiger partial charge >= 0.3 is 0 Å². The van der Waals surface area contributed by atoms with Gasteiger partial charge in [-0.25, -0.2) is 8.78 Å². The zero-order chi connectivity index (χ0) is 12.1. The van der Waals surface area contributed by atoms with E-state index in [4.69, 9.17) is 5.73 Å². The molecule has 0 spiro atoms. The Kier molecular flexibility index (Phi) is 4.17. The van der Waals surface area contributed by atoms with Crippen molar-refractivity contribution in [1.29, 1.82) is 0 Å². The minimum atomic E-state index is -0.856. The van der Waals surface area contributed by atoms with Gasteiger partial charge < -0.3 is 5.73 Å². The van der Waals surface area contributed by atoms with E-state index in [2.05, 4.69) is 4.99 Å². The minimum Gasteiger partial charge on any atom is -0.404 e. The summed E-state index contributed by atoms with van der Waals surface area (Å²) in [4.78, 5) is 4.17. The molecule has 86 valence electrons. The fraction of sp³-hybridized carbons (Fsp3) is 0.250. The van der Waals surface area contributed by atoms with Crippen LogP contribution in [0.25, 0.3) is 0 Å². The van der Waals surface area contributed by atoms with Crippen LogP contribution in [-0.4, -0.2) is 6.21 Å². The number of nitrogens with two attached hydrogens (primary N) is 1. The highest BCUT2D eigenvalue weighted by Gasteiger charge is 2.07. The number of allylic oxidation sites excluding steroid dienone is 1. The predicted octanol–water partition coefficient (Wildman–Crippen LogP) is 2.96. The van der Waals surface area contributed by atoms with Gasteiger partial charge in [-0.05, 0) is 43.3 Å². The van der Waals surface area contributed by atoms with Crippen molar-refractivity contribution >= 4 is 6.21 Å². The highest BCUT2D eigenvalue weighted by molar-refractivity contribution is 5.77. The Morgan fingerprint density at radius 1 is 1.38 bits per heavy atom. The first-order valence-electron chi connectivity index (χ1n) is 4.91. The van der Waals surface area contributed by atoms with E-state index in [1.54, 1.807) is 13.1 Å². The second-order valence-corrected chi connectivity index (χ2v) is 3.54. The molecule has 0 radical (unpaired) electrons. The van der Waals surface area contributed by atoms with Crippen LogP contribution >= 0.6 is 0 Å². The van der Waals surface area contributed by atoms with Gasteiger partial charge in [-0.1, -0.05) is 6.07 Å². The molecule has 1 rings (SSSR count). The third-order valence-electron chi connectivity index (χ3n) is 2.19. The van der Waals surface area contributed by atoms with E-state index < -0.39 is 11.6 Å². The van der Waals surface area contributed by atoms with Crippen molar-refractivity contribution in [3.8, 4) is 0 Å². The monoisotopic (exact) mass is 224 g/mol. The molecule has 0 bridgehead atoms. The van der Waals surface area contributed by atoms with E-state index in [1.807, 2.05) is 6.92 Å². The van der Waals surface area contributed by atoms with Crippen LogP contribution in [-0.2, 0) is 0 Å². The number of hydrogen-bond donors (Lipinski definition) is 1. The Balaban J connectivity index is 2.85. The average Bonchev–Trinajstić information content (AvgIpc) is 2.29. The minimum absolute atomic E-state index is 0.231. The first kappa shape index (κ1) is 12.4. The van der Waals surface area contributed by atoms with Gasteiger partial charge in [0.05, 0.1) is 6.04 Å². The van der Waals surface area contributed by atoms with Crippen LogP contribution in [0.3, 0.4) is 0 Å². The lowest BCUT2D eigenvalue weighted by molar-refractivity contribution is 0.506. The van der Waals surface area contributed by atoms with Crippen molar-refractivity contribution in [3.05, 3.63) is 47.2 Å². The molecule has 0 amide bonds. The SMILES string of the molecule is C/C(C=NC(C)c1ccc(F)c(F)c1)=C/N. The molecule has 2 nitrogen and oxygen atoms in total. The zero-order valence-electron chi connectivity index (χ0n) is 9.24. The lowest BCUT2D eigenvalue weighted by Gasteiger charge is -2.06. The van der Waals surface area contributed by atoms with Crippen molar-refractivity contribution in [1.82, 2.24) is 0 Å². The molecule has 1 atom stereocenters. The summed E-state index contributed by atoms with van der Waals surface area (Å²) in [6.07, 6.45) is 3.04. The number of benzene rings is 1. The quantitative estimate of drug-likeness (QED) is 0.787. The molecule has 0 aliphatic rings. The van der Waals surface area contributed by atoms with Gasteiger partial charge in [0, 0.05) is 6.21 Å². The molecule has 1 unspecified atom stereocenters. The molecule has 0 saturated heterocycles. The Labute approximate surface area is 93.5 Å². The second kappa shape index (κ2) is 5.39. The summed E-state index contributed by atoms with van der Waals surface area (Å²) in [5.41, 5.74) is 6.72. The number of nitrogens with zero attached hydrogens (tertiary/aromatic N) is 1. The van der Waals surface area contributed by atoms with Crippen LogP contribution in [0, 0.1) is 11.6 Å². The van der Waals surface area contributed by atoms with Gasteiger partial charge in [-0.3, -0.25) is 4.99 Å². The zero-order valence-corrected chi connectivity index (χ0v) is 9.24. The Bertz CT molecular complexity index is 425. The Morgan fingerprint density at radius 3 is 2.62 bits per heavy atom.